The lowest BCUT2D eigenvalue weighted by molar-refractivity contribution is 0.0690. The minimum Gasteiger partial charge on any atom is -0.476 e. The van der Waals surface area contributed by atoms with E-state index in [-0.39, 0.29) is 11.6 Å². The molecule has 2 N–H and O–H groups in total. The molecular formula is C13H10BrClN2O3S. The average molecular weight is 390 g/mol. The number of benzene rings is 1. The fraction of sp³-hybridized carbons (Fsp3) is 0.154. The minimum absolute atomic E-state index is 0.0253. The highest BCUT2D eigenvalue weighted by atomic mass is 79.9. The highest BCUT2D eigenvalue weighted by molar-refractivity contribution is 9.10. The fourth-order valence-corrected chi connectivity index (χ4v) is 3.11. The molecule has 2 rings (SSSR count). The van der Waals surface area contributed by atoms with Crippen LogP contribution in [0.1, 0.15) is 25.9 Å². The van der Waals surface area contributed by atoms with Gasteiger partial charge in [-0.2, -0.15) is 0 Å². The number of hydrogen-bond acceptors (Lipinski definition) is 4. The molecule has 21 heavy (non-hydrogen) atoms. The number of nitrogens with zero attached hydrogens (tertiary/aromatic N) is 1. The molecule has 0 fully saturated rings. The van der Waals surface area contributed by atoms with Gasteiger partial charge in [-0.3, -0.25) is 4.79 Å². The number of rotatable bonds is 5. The van der Waals surface area contributed by atoms with Crippen molar-refractivity contribution in [1.82, 2.24) is 10.3 Å². The van der Waals surface area contributed by atoms with Crippen molar-refractivity contribution in [1.29, 1.82) is 0 Å². The van der Waals surface area contributed by atoms with Gasteiger partial charge >= 0.3 is 5.97 Å². The van der Waals surface area contributed by atoms with E-state index in [1.165, 1.54) is 16.7 Å². The van der Waals surface area contributed by atoms with Crippen LogP contribution in [-0.2, 0) is 6.42 Å². The maximum absolute atomic E-state index is 12.0. The molecule has 8 heteroatoms. The molecule has 0 aliphatic heterocycles. The Morgan fingerprint density at radius 2 is 2.19 bits per heavy atom. The van der Waals surface area contributed by atoms with Crippen molar-refractivity contribution >= 4 is 50.7 Å². The van der Waals surface area contributed by atoms with Gasteiger partial charge in [-0.15, -0.1) is 11.3 Å². The van der Waals surface area contributed by atoms with E-state index in [1.54, 1.807) is 18.2 Å². The van der Waals surface area contributed by atoms with E-state index in [0.717, 1.165) is 4.47 Å². The Balaban J connectivity index is 1.90. The predicted octanol–water partition coefficient (Wildman–Crippen LogP) is 3.23. The lowest BCUT2D eigenvalue weighted by Gasteiger charge is -2.06. The number of carboxylic acids is 1. The summed E-state index contributed by atoms with van der Waals surface area (Å²) in [6, 6.07) is 5.02. The van der Waals surface area contributed by atoms with Crippen LogP contribution in [0.15, 0.2) is 28.1 Å². The quantitative estimate of drug-likeness (QED) is 0.823. The van der Waals surface area contributed by atoms with Gasteiger partial charge in [0.15, 0.2) is 5.69 Å². The molecule has 0 spiro atoms. The summed E-state index contributed by atoms with van der Waals surface area (Å²) in [7, 11) is 0. The number of carbonyl (C=O) groups is 2. The number of nitrogens with one attached hydrogen (secondary N) is 1. The summed E-state index contributed by atoms with van der Waals surface area (Å²) in [5.74, 6) is -1.33. The first kappa shape index (κ1) is 15.9. The van der Waals surface area contributed by atoms with Crippen LogP contribution >= 0.6 is 38.9 Å². The molecule has 5 nitrogen and oxygen atoms in total. The summed E-state index contributed by atoms with van der Waals surface area (Å²) in [6.45, 7) is 0.359. The predicted molar refractivity (Wildman–Crippen MR) is 84.3 cm³/mol. The molecule has 0 atom stereocenters. The molecule has 0 aliphatic carbocycles. The minimum atomic E-state index is -1.05. The standard InChI is InChI=1S/C13H10BrClN2O3S/c14-7-1-2-8(9(15)5-7)12(18)16-4-3-11-17-10(6-21-11)13(19)20/h1-2,5-6H,3-4H2,(H,16,18)(H,19,20). The molecule has 110 valence electrons. The molecule has 1 aromatic carbocycles. The Kier molecular flexibility index (Phi) is 5.33. The molecule has 0 aliphatic rings. The molecule has 2 aromatic rings. The van der Waals surface area contributed by atoms with Crippen molar-refractivity contribution in [3.05, 3.63) is 49.3 Å². The Morgan fingerprint density at radius 1 is 1.43 bits per heavy atom. The number of aromatic nitrogens is 1. The average Bonchev–Trinajstić information content (AvgIpc) is 2.87. The number of thiazole rings is 1. The molecule has 0 unspecified atom stereocenters. The van der Waals surface area contributed by atoms with Crippen LogP contribution in [0, 0.1) is 0 Å². The fourth-order valence-electron chi connectivity index (χ4n) is 1.58. The Morgan fingerprint density at radius 3 is 2.81 bits per heavy atom. The van der Waals surface area contributed by atoms with Crippen LogP contribution in [0.2, 0.25) is 5.02 Å². The lowest BCUT2D eigenvalue weighted by Crippen LogP contribution is -2.26. The van der Waals surface area contributed by atoms with Gasteiger partial charge in [-0.05, 0) is 18.2 Å². The molecule has 0 bridgehead atoms. The number of amides is 1. The Labute approximate surface area is 138 Å². The van der Waals surface area contributed by atoms with Gasteiger partial charge < -0.3 is 10.4 Å². The zero-order valence-electron chi connectivity index (χ0n) is 10.6. The van der Waals surface area contributed by atoms with Crippen LogP contribution in [0.3, 0.4) is 0 Å². The van der Waals surface area contributed by atoms with E-state index in [0.29, 0.717) is 28.6 Å². The van der Waals surface area contributed by atoms with E-state index in [4.69, 9.17) is 16.7 Å². The smallest absolute Gasteiger partial charge is 0.355 e. The van der Waals surface area contributed by atoms with Crippen LogP contribution in [0.5, 0.6) is 0 Å². The van der Waals surface area contributed by atoms with Gasteiger partial charge in [0.05, 0.1) is 15.6 Å². The summed E-state index contributed by atoms with van der Waals surface area (Å²) in [5, 5.41) is 14.0. The highest BCUT2D eigenvalue weighted by Crippen LogP contribution is 2.21. The maximum Gasteiger partial charge on any atom is 0.355 e. The number of halogens is 2. The summed E-state index contributed by atoms with van der Waals surface area (Å²) < 4.78 is 0.799. The van der Waals surface area contributed by atoms with Crippen LogP contribution < -0.4 is 5.32 Å². The van der Waals surface area contributed by atoms with Gasteiger partial charge in [0.1, 0.15) is 0 Å². The second kappa shape index (κ2) is 7.02. The van der Waals surface area contributed by atoms with Gasteiger partial charge in [-0.1, -0.05) is 27.5 Å². The van der Waals surface area contributed by atoms with Crippen molar-refractivity contribution in [2.45, 2.75) is 6.42 Å². The van der Waals surface area contributed by atoms with Gasteiger partial charge in [-0.25, -0.2) is 9.78 Å². The SMILES string of the molecule is O=C(O)c1csc(CCNC(=O)c2ccc(Br)cc2Cl)n1. The first-order valence-electron chi connectivity index (χ1n) is 5.88. The number of aromatic carboxylic acids is 1. The maximum atomic E-state index is 12.0. The Bertz CT molecular complexity index is 690. The van der Waals surface area contributed by atoms with Crippen molar-refractivity contribution in [2.24, 2.45) is 0 Å². The first-order chi connectivity index (χ1) is 9.97. The van der Waals surface area contributed by atoms with Crippen LogP contribution in [0.4, 0.5) is 0 Å². The highest BCUT2D eigenvalue weighted by Gasteiger charge is 2.11. The molecular weight excluding hydrogens is 380 g/mol. The lowest BCUT2D eigenvalue weighted by atomic mass is 10.2. The van der Waals surface area contributed by atoms with E-state index < -0.39 is 5.97 Å². The zero-order chi connectivity index (χ0) is 15.4. The second-order valence-electron chi connectivity index (χ2n) is 4.06. The number of carboxylic acid groups (broad SMARTS) is 1. The summed E-state index contributed by atoms with van der Waals surface area (Å²) in [6.07, 6.45) is 0.470. The monoisotopic (exact) mass is 388 g/mol. The summed E-state index contributed by atoms with van der Waals surface area (Å²) in [4.78, 5) is 26.6. The van der Waals surface area contributed by atoms with Crippen molar-refractivity contribution in [3.63, 3.8) is 0 Å². The van der Waals surface area contributed by atoms with Gasteiger partial charge in [0, 0.05) is 22.8 Å². The molecule has 0 saturated heterocycles. The molecule has 1 amide bonds. The van der Waals surface area contributed by atoms with E-state index in [2.05, 4.69) is 26.2 Å². The van der Waals surface area contributed by atoms with Gasteiger partial charge in [0.25, 0.3) is 5.91 Å². The topological polar surface area (TPSA) is 79.3 Å². The third kappa shape index (κ3) is 4.26. The van der Waals surface area contributed by atoms with Crippen LogP contribution in [0.25, 0.3) is 0 Å². The van der Waals surface area contributed by atoms with Crippen molar-refractivity contribution in [3.8, 4) is 0 Å². The van der Waals surface area contributed by atoms with Crippen molar-refractivity contribution in [2.75, 3.05) is 6.54 Å². The molecule has 1 heterocycles. The second-order valence-corrected chi connectivity index (χ2v) is 6.33. The summed E-state index contributed by atoms with van der Waals surface area (Å²) >= 11 is 10.5. The largest absolute Gasteiger partial charge is 0.476 e. The molecule has 1 aromatic heterocycles. The van der Waals surface area contributed by atoms with E-state index in [9.17, 15) is 9.59 Å². The zero-order valence-corrected chi connectivity index (χ0v) is 13.8. The normalized spacial score (nSPS) is 10.4. The van der Waals surface area contributed by atoms with Gasteiger partial charge in [0.2, 0.25) is 0 Å². The van der Waals surface area contributed by atoms with E-state index >= 15 is 0 Å². The van der Waals surface area contributed by atoms with Crippen molar-refractivity contribution < 1.29 is 14.7 Å². The first-order valence-corrected chi connectivity index (χ1v) is 7.93. The molecule has 0 saturated carbocycles. The third-order valence-electron chi connectivity index (χ3n) is 2.57. The summed E-state index contributed by atoms with van der Waals surface area (Å²) in [5.41, 5.74) is 0.419. The van der Waals surface area contributed by atoms with E-state index in [1.807, 2.05) is 0 Å². The number of carbonyl (C=O) groups excluding carboxylic acids is 1. The van der Waals surface area contributed by atoms with Crippen LogP contribution in [-0.4, -0.2) is 28.5 Å². The Hall–Kier alpha value is -1.44. The third-order valence-corrected chi connectivity index (χ3v) is 4.29. The molecule has 0 radical (unpaired) electrons. The number of hydrogen-bond donors (Lipinski definition) is 2.